The SMILES string of the molecule is Cc1ccnc(C2C(c3ccccc3)C2(C(N)=O)c2ccccc2)n1. The lowest BCUT2D eigenvalue weighted by atomic mass is 9.89. The number of hydrogen-bond donors (Lipinski definition) is 1. The lowest BCUT2D eigenvalue weighted by Gasteiger charge is -2.15. The number of nitrogens with zero attached hydrogens (tertiary/aromatic N) is 2. The van der Waals surface area contributed by atoms with Gasteiger partial charge < -0.3 is 5.73 Å². The minimum Gasteiger partial charge on any atom is -0.369 e. The first-order valence-electron chi connectivity index (χ1n) is 8.35. The molecule has 1 heterocycles. The van der Waals surface area contributed by atoms with Gasteiger partial charge in [0.2, 0.25) is 5.91 Å². The molecule has 25 heavy (non-hydrogen) atoms. The Labute approximate surface area is 146 Å². The summed E-state index contributed by atoms with van der Waals surface area (Å²) in [5, 5.41) is 0. The molecule has 124 valence electrons. The second-order valence-corrected chi connectivity index (χ2v) is 6.52. The molecule has 1 aliphatic rings. The largest absolute Gasteiger partial charge is 0.369 e. The summed E-state index contributed by atoms with van der Waals surface area (Å²) in [6, 6.07) is 21.6. The molecule has 4 heteroatoms. The molecule has 1 amide bonds. The Balaban J connectivity index is 1.92. The van der Waals surface area contributed by atoms with Crippen molar-refractivity contribution in [1.82, 2.24) is 9.97 Å². The van der Waals surface area contributed by atoms with E-state index >= 15 is 0 Å². The van der Waals surface area contributed by atoms with Crippen LogP contribution in [-0.4, -0.2) is 15.9 Å². The van der Waals surface area contributed by atoms with Gasteiger partial charge in [0.1, 0.15) is 5.82 Å². The van der Waals surface area contributed by atoms with E-state index in [2.05, 4.69) is 9.97 Å². The molecule has 4 nitrogen and oxygen atoms in total. The van der Waals surface area contributed by atoms with Gasteiger partial charge in [0.25, 0.3) is 0 Å². The Kier molecular flexibility index (Phi) is 3.61. The molecule has 1 saturated carbocycles. The van der Waals surface area contributed by atoms with E-state index in [-0.39, 0.29) is 17.7 Å². The zero-order valence-electron chi connectivity index (χ0n) is 14.0. The Morgan fingerprint density at radius 3 is 2.20 bits per heavy atom. The number of carbonyl (C=O) groups excluding carboxylic acids is 1. The van der Waals surface area contributed by atoms with Crippen molar-refractivity contribution in [2.45, 2.75) is 24.2 Å². The highest BCUT2D eigenvalue weighted by Crippen LogP contribution is 2.70. The third-order valence-corrected chi connectivity index (χ3v) is 5.11. The number of amides is 1. The van der Waals surface area contributed by atoms with Crippen LogP contribution < -0.4 is 5.73 Å². The molecule has 0 saturated heterocycles. The summed E-state index contributed by atoms with van der Waals surface area (Å²) in [5.41, 5.74) is 8.05. The van der Waals surface area contributed by atoms with Gasteiger partial charge in [-0.15, -0.1) is 0 Å². The van der Waals surface area contributed by atoms with Crippen LogP contribution >= 0.6 is 0 Å². The summed E-state index contributed by atoms with van der Waals surface area (Å²) in [4.78, 5) is 21.8. The Hall–Kier alpha value is -3.01. The molecular weight excluding hydrogens is 310 g/mol. The number of benzene rings is 2. The zero-order valence-corrected chi connectivity index (χ0v) is 14.0. The molecule has 2 aromatic carbocycles. The molecule has 1 fully saturated rings. The fourth-order valence-electron chi connectivity index (χ4n) is 4.00. The van der Waals surface area contributed by atoms with Gasteiger partial charge >= 0.3 is 0 Å². The van der Waals surface area contributed by atoms with Crippen LogP contribution in [0, 0.1) is 6.92 Å². The van der Waals surface area contributed by atoms with Crippen LogP contribution in [0.3, 0.4) is 0 Å². The first-order chi connectivity index (χ1) is 12.2. The van der Waals surface area contributed by atoms with E-state index in [1.54, 1.807) is 6.20 Å². The van der Waals surface area contributed by atoms with Gasteiger partial charge in [-0.25, -0.2) is 9.97 Å². The zero-order chi connectivity index (χ0) is 17.4. The summed E-state index contributed by atoms with van der Waals surface area (Å²) in [6.45, 7) is 1.93. The minimum absolute atomic E-state index is 0.0598. The van der Waals surface area contributed by atoms with Crippen LogP contribution in [0.4, 0.5) is 0 Å². The third-order valence-electron chi connectivity index (χ3n) is 5.11. The number of nitrogens with two attached hydrogens (primary N) is 1. The molecule has 0 bridgehead atoms. The van der Waals surface area contributed by atoms with Gasteiger partial charge in [0.05, 0.1) is 5.41 Å². The van der Waals surface area contributed by atoms with E-state index in [0.717, 1.165) is 16.8 Å². The number of aromatic nitrogens is 2. The van der Waals surface area contributed by atoms with Gasteiger partial charge in [-0.05, 0) is 24.1 Å². The Bertz CT molecular complexity index is 911. The summed E-state index contributed by atoms with van der Waals surface area (Å²) >= 11 is 0. The molecule has 1 aliphatic carbocycles. The molecule has 4 rings (SSSR count). The summed E-state index contributed by atoms with van der Waals surface area (Å²) < 4.78 is 0. The quantitative estimate of drug-likeness (QED) is 0.800. The number of aryl methyl sites for hydroxylation is 1. The molecule has 0 radical (unpaired) electrons. The summed E-state index contributed by atoms with van der Waals surface area (Å²) in [6.07, 6.45) is 1.74. The van der Waals surface area contributed by atoms with Gasteiger partial charge in [0, 0.05) is 23.7 Å². The van der Waals surface area contributed by atoms with Crippen LogP contribution in [0.1, 0.15) is 34.5 Å². The van der Waals surface area contributed by atoms with E-state index in [1.165, 1.54) is 0 Å². The normalized spacial score (nSPS) is 24.7. The highest BCUT2D eigenvalue weighted by molar-refractivity contribution is 5.95. The number of hydrogen-bond acceptors (Lipinski definition) is 3. The van der Waals surface area contributed by atoms with Crippen LogP contribution in [0.25, 0.3) is 0 Å². The Morgan fingerprint density at radius 2 is 1.60 bits per heavy atom. The number of rotatable bonds is 4. The average molecular weight is 329 g/mol. The van der Waals surface area contributed by atoms with Gasteiger partial charge in [-0.2, -0.15) is 0 Å². The topological polar surface area (TPSA) is 68.9 Å². The molecule has 0 spiro atoms. The van der Waals surface area contributed by atoms with Gasteiger partial charge in [-0.3, -0.25) is 4.79 Å². The number of carbonyl (C=O) groups is 1. The smallest absolute Gasteiger partial charge is 0.229 e. The van der Waals surface area contributed by atoms with Crippen molar-refractivity contribution in [1.29, 1.82) is 0 Å². The lowest BCUT2D eigenvalue weighted by molar-refractivity contribution is -0.120. The van der Waals surface area contributed by atoms with Crippen LogP contribution in [0.15, 0.2) is 72.9 Å². The molecular formula is C21H19N3O. The molecule has 1 aromatic heterocycles. The van der Waals surface area contributed by atoms with Crippen molar-refractivity contribution in [3.8, 4) is 0 Å². The standard InChI is InChI=1S/C21H19N3O/c1-14-12-13-23-19(24-14)18-17(15-8-4-2-5-9-15)21(18,20(22)25)16-10-6-3-7-11-16/h2-13,17-18H,1H3,(H2,22,25). The van der Waals surface area contributed by atoms with Crippen molar-refractivity contribution >= 4 is 5.91 Å². The van der Waals surface area contributed by atoms with E-state index < -0.39 is 5.41 Å². The first-order valence-corrected chi connectivity index (χ1v) is 8.35. The predicted octanol–water partition coefficient (Wildman–Crippen LogP) is 3.09. The highest BCUT2D eigenvalue weighted by atomic mass is 16.1. The predicted molar refractivity (Wildman–Crippen MR) is 96.0 cm³/mol. The maximum Gasteiger partial charge on any atom is 0.229 e. The molecule has 3 unspecified atom stereocenters. The van der Waals surface area contributed by atoms with Crippen molar-refractivity contribution in [3.05, 3.63) is 95.6 Å². The molecule has 0 aliphatic heterocycles. The average Bonchev–Trinajstić information content (AvgIpc) is 3.35. The van der Waals surface area contributed by atoms with E-state index in [0.29, 0.717) is 5.82 Å². The fourth-order valence-corrected chi connectivity index (χ4v) is 4.00. The summed E-state index contributed by atoms with van der Waals surface area (Å²) in [7, 11) is 0. The minimum atomic E-state index is -0.809. The van der Waals surface area contributed by atoms with Gasteiger partial charge in [-0.1, -0.05) is 60.7 Å². The highest BCUT2D eigenvalue weighted by Gasteiger charge is 2.71. The van der Waals surface area contributed by atoms with Crippen molar-refractivity contribution in [2.24, 2.45) is 5.73 Å². The van der Waals surface area contributed by atoms with Crippen molar-refractivity contribution < 1.29 is 4.79 Å². The number of primary amides is 1. The summed E-state index contributed by atoms with van der Waals surface area (Å²) in [5.74, 6) is 0.129. The second-order valence-electron chi connectivity index (χ2n) is 6.52. The third kappa shape index (κ3) is 2.33. The maximum atomic E-state index is 12.7. The van der Waals surface area contributed by atoms with Crippen LogP contribution in [0.2, 0.25) is 0 Å². The van der Waals surface area contributed by atoms with Crippen LogP contribution in [0.5, 0.6) is 0 Å². The van der Waals surface area contributed by atoms with E-state index in [1.807, 2.05) is 73.7 Å². The first kappa shape index (κ1) is 15.5. The van der Waals surface area contributed by atoms with Gasteiger partial charge in [0.15, 0.2) is 0 Å². The van der Waals surface area contributed by atoms with Crippen molar-refractivity contribution in [2.75, 3.05) is 0 Å². The van der Waals surface area contributed by atoms with E-state index in [4.69, 9.17) is 5.73 Å². The molecule has 2 N–H and O–H groups in total. The fraction of sp³-hybridized carbons (Fsp3) is 0.190. The van der Waals surface area contributed by atoms with Crippen molar-refractivity contribution in [3.63, 3.8) is 0 Å². The van der Waals surface area contributed by atoms with E-state index in [9.17, 15) is 4.79 Å². The lowest BCUT2D eigenvalue weighted by Crippen LogP contribution is -2.31. The molecule has 3 aromatic rings. The molecule has 3 atom stereocenters. The monoisotopic (exact) mass is 329 g/mol. The van der Waals surface area contributed by atoms with Crippen LogP contribution in [-0.2, 0) is 10.2 Å². The Morgan fingerprint density at radius 1 is 0.960 bits per heavy atom. The maximum absolute atomic E-state index is 12.7. The second kappa shape index (κ2) is 5.81.